The Morgan fingerprint density at radius 2 is 2.08 bits per heavy atom. The third-order valence-electron chi connectivity index (χ3n) is 4.74. The predicted octanol–water partition coefficient (Wildman–Crippen LogP) is 2.77. The molecule has 1 atom stereocenters. The van der Waals surface area contributed by atoms with E-state index in [2.05, 4.69) is 25.1 Å². The van der Waals surface area contributed by atoms with Crippen molar-refractivity contribution in [1.29, 1.82) is 0 Å². The molecule has 1 saturated heterocycles. The summed E-state index contributed by atoms with van der Waals surface area (Å²) in [5.41, 5.74) is 0.930. The summed E-state index contributed by atoms with van der Waals surface area (Å²) >= 11 is 0. The minimum absolute atomic E-state index is 0.536. The molecule has 4 heterocycles. The van der Waals surface area contributed by atoms with Crippen LogP contribution in [0, 0.1) is 0 Å². The number of rotatable bonds is 6. The summed E-state index contributed by atoms with van der Waals surface area (Å²) in [5.74, 6) is 1.31. The molecule has 0 aromatic carbocycles. The van der Waals surface area contributed by atoms with E-state index in [1.54, 1.807) is 12.4 Å². The first kappa shape index (κ1) is 16.0. The molecule has 0 spiro atoms. The summed E-state index contributed by atoms with van der Waals surface area (Å²) < 4.78 is 7.48. The quantitative estimate of drug-likeness (QED) is 0.688. The highest BCUT2D eigenvalue weighted by Gasteiger charge is 2.24. The van der Waals surface area contributed by atoms with Crippen LogP contribution in [-0.4, -0.2) is 42.4 Å². The maximum absolute atomic E-state index is 5.48. The lowest BCUT2D eigenvalue weighted by Crippen LogP contribution is -2.39. The highest BCUT2D eigenvalue weighted by Crippen LogP contribution is 2.23. The summed E-state index contributed by atoms with van der Waals surface area (Å²) in [6.45, 7) is 2.73. The van der Waals surface area contributed by atoms with Crippen molar-refractivity contribution in [1.82, 2.24) is 29.8 Å². The van der Waals surface area contributed by atoms with Gasteiger partial charge in [0.1, 0.15) is 0 Å². The molecule has 0 aliphatic carbocycles. The molecule has 1 aliphatic heterocycles. The van der Waals surface area contributed by atoms with Gasteiger partial charge in [0.25, 0.3) is 0 Å². The van der Waals surface area contributed by atoms with E-state index < -0.39 is 0 Å². The van der Waals surface area contributed by atoms with Gasteiger partial charge in [-0.3, -0.25) is 14.6 Å². The molecule has 3 aromatic rings. The van der Waals surface area contributed by atoms with Gasteiger partial charge in [0.2, 0.25) is 11.7 Å². The Bertz CT molecular complexity index is 770. The Balaban J connectivity index is 1.40. The van der Waals surface area contributed by atoms with Crippen LogP contribution in [0.1, 0.15) is 31.6 Å². The zero-order valence-electron chi connectivity index (χ0n) is 14.2. The molecule has 7 nitrogen and oxygen atoms in total. The highest BCUT2D eigenvalue weighted by molar-refractivity contribution is 5.52. The second-order valence-corrected chi connectivity index (χ2v) is 6.43. The minimum atomic E-state index is 0.536. The first-order valence-corrected chi connectivity index (χ1v) is 8.83. The summed E-state index contributed by atoms with van der Waals surface area (Å²) in [4.78, 5) is 11.0. The standard InChI is InChI=1S/C18H22N6O/c1-2-11-23(16(4-1)7-13-24-12-3-8-20-24)14-17-21-18(22-25-17)15-5-9-19-10-6-15/h3,5-6,8-10,12,16H,1-2,4,7,11,13-14H2. The smallest absolute Gasteiger partial charge is 0.241 e. The van der Waals surface area contributed by atoms with E-state index >= 15 is 0 Å². The fourth-order valence-corrected chi connectivity index (χ4v) is 3.42. The molecule has 1 aliphatic rings. The largest absolute Gasteiger partial charge is 0.338 e. The van der Waals surface area contributed by atoms with Crippen molar-refractivity contribution in [2.75, 3.05) is 6.54 Å². The number of hydrogen-bond donors (Lipinski definition) is 0. The molecule has 0 radical (unpaired) electrons. The van der Waals surface area contributed by atoms with Crippen molar-refractivity contribution >= 4 is 0 Å². The fourth-order valence-electron chi connectivity index (χ4n) is 3.42. The lowest BCUT2D eigenvalue weighted by atomic mass is 9.99. The van der Waals surface area contributed by atoms with Gasteiger partial charge in [-0.25, -0.2) is 0 Å². The van der Waals surface area contributed by atoms with E-state index in [-0.39, 0.29) is 0 Å². The van der Waals surface area contributed by atoms with Crippen LogP contribution >= 0.6 is 0 Å². The van der Waals surface area contributed by atoms with Crippen molar-refractivity contribution in [2.24, 2.45) is 0 Å². The molecule has 7 heteroatoms. The molecule has 130 valence electrons. The number of likely N-dealkylation sites (tertiary alicyclic amines) is 1. The molecule has 0 amide bonds. The van der Waals surface area contributed by atoms with Crippen molar-refractivity contribution in [2.45, 2.75) is 44.8 Å². The van der Waals surface area contributed by atoms with Gasteiger partial charge < -0.3 is 4.52 Å². The third-order valence-corrected chi connectivity index (χ3v) is 4.74. The summed E-state index contributed by atoms with van der Waals surface area (Å²) in [6, 6.07) is 6.29. The topological polar surface area (TPSA) is 72.9 Å². The first-order chi connectivity index (χ1) is 12.4. The Labute approximate surface area is 146 Å². The van der Waals surface area contributed by atoms with Gasteiger partial charge in [-0.15, -0.1) is 0 Å². The van der Waals surface area contributed by atoms with Gasteiger partial charge in [0.05, 0.1) is 6.54 Å². The number of aromatic nitrogens is 5. The predicted molar refractivity (Wildman–Crippen MR) is 92.4 cm³/mol. The van der Waals surface area contributed by atoms with Crippen LogP contribution in [0.3, 0.4) is 0 Å². The zero-order chi connectivity index (χ0) is 16.9. The van der Waals surface area contributed by atoms with E-state index in [9.17, 15) is 0 Å². The van der Waals surface area contributed by atoms with Crippen LogP contribution in [0.15, 0.2) is 47.5 Å². The Morgan fingerprint density at radius 1 is 1.16 bits per heavy atom. The lowest BCUT2D eigenvalue weighted by Gasteiger charge is -2.34. The minimum Gasteiger partial charge on any atom is -0.338 e. The first-order valence-electron chi connectivity index (χ1n) is 8.83. The number of piperidine rings is 1. The average Bonchev–Trinajstić information content (AvgIpc) is 3.34. The fraction of sp³-hybridized carbons (Fsp3) is 0.444. The van der Waals surface area contributed by atoms with E-state index in [4.69, 9.17) is 4.52 Å². The summed E-state index contributed by atoms with van der Waals surface area (Å²) in [6.07, 6.45) is 12.1. The molecule has 1 fully saturated rings. The molecular formula is C18H22N6O. The SMILES string of the molecule is c1cnn(CCC2CCCCN2Cc2nc(-c3ccncc3)no2)c1. The number of pyridine rings is 1. The Morgan fingerprint density at radius 3 is 2.92 bits per heavy atom. The van der Waals surface area contributed by atoms with Crippen LogP contribution < -0.4 is 0 Å². The maximum Gasteiger partial charge on any atom is 0.241 e. The van der Waals surface area contributed by atoms with Gasteiger partial charge in [0, 0.05) is 42.9 Å². The normalized spacial score (nSPS) is 18.5. The van der Waals surface area contributed by atoms with Crippen molar-refractivity contribution in [3.63, 3.8) is 0 Å². The van der Waals surface area contributed by atoms with Crippen LogP contribution in [0.4, 0.5) is 0 Å². The molecular weight excluding hydrogens is 316 g/mol. The van der Waals surface area contributed by atoms with Crippen molar-refractivity contribution in [3.05, 3.63) is 48.9 Å². The number of aryl methyl sites for hydroxylation is 1. The van der Waals surface area contributed by atoms with Gasteiger partial charge in [-0.05, 0) is 44.0 Å². The summed E-state index contributed by atoms with van der Waals surface area (Å²) in [7, 11) is 0. The molecule has 25 heavy (non-hydrogen) atoms. The molecule has 1 unspecified atom stereocenters. The van der Waals surface area contributed by atoms with E-state index in [1.165, 1.54) is 19.3 Å². The van der Waals surface area contributed by atoms with Crippen LogP contribution in [0.2, 0.25) is 0 Å². The molecule has 3 aromatic heterocycles. The lowest BCUT2D eigenvalue weighted by molar-refractivity contribution is 0.113. The third kappa shape index (κ3) is 3.93. The van der Waals surface area contributed by atoms with E-state index in [1.807, 2.05) is 35.3 Å². The zero-order valence-corrected chi connectivity index (χ0v) is 14.2. The van der Waals surface area contributed by atoms with Crippen LogP contribution in [-0.2, 0) is 13.1 Å². The van der Waals surface area contributed by atoms with Crippen LogP contribution in [0.25, 0.3) is 11.4 Å². The van der Waals surface area contributed by atoms with Crippen molar-refractivity contribution < 1.29 is 4.52 Å². The molecule has 0 bridgehead atoms. The molecule has 0 N–H and O–H groups in total. The van der Waals surface area contributed by atoms with Gasteiger partial charge in [-0.1, -0.05) is 11.6 Å². The molecule has 0 saturated carbocycles. The highest BCUT2D eigenvalue weighted by atomic mass is 16.5. The second-order valence-electron chi connectivity index (χ2n) is 6.43. The number of hydrogen-bond acceptors (Lipinski definition) is 6. The van der Waals surface area contributed by atoms with E-state index in [0.29, 0.717) is 24.3 Å². The van der Waals surface area contributed by atoms with Gasteiger partial charge in [0.15, 0.2) is 0 Å². The number of nitrogens with zero attached hydrogens (tertiary/aromatic N) is 6. The van der Waals surface area contributed by atoms with Gasteiger partial charge in [-0.2, -0.15) is 10.1 Å². The van der Waals surface area contributed by atoms with Crippen molar-refractivity contribution in [3.8, 4) is 11.4 Å². The van der Waals surface area contributed by atoms with E-state index in [0.717, 1.165) is 25.1 Å². The summed E-state index contributed by atoms with van der Waals surface area (Å²) in [5, 5.41) is 8.41. The monoisotopic (exact) mass is 338 g/mol. The average molecular weight is 338 g/mol. The Kier molecular flexibility index (Phi) is 4.83. The van der Waals surface area contributed by atoms with Gasteiger partial charge >= 0.3 is 0 Å². The maximum atomic E-state index is 5.48. The van der Waals surface area contributed by atoms with Crippen LogP contribution in [0.5, 0.6) is 0 Å². The molecule has 4 rings (SSSR count). The second kappa shape index (κ2) is 7.57. The Hall–Kier alpha value is -2.54.